The summed E-state index contributed by atoms with van der Waals surface area (Å²) in [6.45, 7) is 3.66. The highest BCUT2D eigenvalue weighted by Gasteiger charge is 2.39. The topological polar surface area (TPSA) is 65.7 Å². The number of hydrogen-bond donors (Lipinski definition) is 0. The molecule has 0 aliphatic carbocycles. The van der Waals surface area contributed by atoms with Crippen LogP contribution in [0.15, 0.2) is 45.0 Å². The number of rotatable bonds is 4. The summed E-state index contributed by atoms with van der Waals surface area (Å²) in [5.74, 6) is 0.260. The minimum absolute atomic E-state index is 0.303. The number of hydrogen-bond acceptors (Lipinski definition) is 6. The Morgan fingerprint density at radius 3 is 2.92 bits per heavy atom. The molecule has 0 saturated carbocycles. The molecule has 126 valence electrons. The zero-order valence-electron chi connectivity index (χ0n) is 13.7. The van der Waals surface area contributed by atoms with E-state index in [0.717, 1.165) is 10.9 Å². The molecule has 0 saturated heterocycles. The van der Waals surface area contributed by atoms with Gasteiger partial charge in [0.2, 0.25) is 0 Å². The Morgan fingerprint density at radius 2 is 2.17 bits per heavy atom. The Bertz CT molecular complexity index is 865. The molecule has 0 radical (unpaired) electrons. The van der Waals surface area contributed by atoms with Crippen molar-refractivity contribution in [2.24, 2.45) is 0 Å². The molecule has 24 heavy (non-hydrogen) atoms. The Balaban J connectivity index is 1.82. The van der Waals surface area contributed by atoms with E-state index in [9.17, 15) is 9.59 Å². The lowest BCUT2D eigenvalue weighted by Gasteiger charge is -2.30. The molecule has 0 fully saturated rings. The van der Waals surface area contributed by atoms with Crippen LogP contribution in [-0.2, 0) is 16.0 Å². The van der Waals surface area contributed by atoms with Crippen molar-refractivity contribution < 1.29 is 18.7 Å². The number of carbonyl (C=O) groups excluding carboxylic acids is 1. The van der Waals surface area contributed by atoms with Crippen LogP contribution in [0.5, 0.6) is 5.75 Å². The highest BCUT2D eigenvalue weighted by atomic mass is 32.2. The van der Waals surface area contributed by atoms with E-state index in [-0.39, 0.29) is 6.10 Å². The number of ether oxygens (including phenoxy) is 2. The van der Waals surface area contributed by atoms with Gasteiger partial charge in [-0.05, 0) is 43.2 Å². The maximum Gasteiger partial charge on any atom is 0.336 e. The largest absolute Gasteiger partial charge is 0.485 e. The van der Waals surface area contributed by atoms with Crippen molar-refractivity contribution in [2.75, 3.05) is 6.26 Å². The van der Waals surface area contributed by atoms with Crippen molar-refractivity contribution in [3.05, 3.63) is 51.7 Å². The molecule has 6 heteroatoms. The fraction of sp³-hybridized carbons (Fsp3) is 0.333. The van der Waals surface area contributed by atoms with Gasteiger partial charge < -0.3 is 13.9 Å². The van der Waals surface area contributed by atoms with E-state index >= 15 is 0 Å². The molecule has 5 nitrogen and oxygen atoms in total. The zero-order chi connectivity index (χ0) is 17.3. The summed E-state index contributed by atoms with van der Waals surface area (Å²) in [7, 11) is 0. The van der Waals surface area contributed by atoms with E-state index in [2.05, 4.69) is 0 Å². The van der Waals surface area contributed by atoms with Crippen LogP contribution in [0.2, 0.25) is 0 Å². The predicted octanol–water partition coefficient (Wildman–Crippen LogP) is 3.30. The lowest BCUT2D eigenvalue weighted by molar-refractivity contribution is -0.158. The molecule has 0 spiro atoms. The molecule has 0 amide bonds. The van der Waals surface area contributed by atoms with Crippen molar-refractivity contribution >= 4 is 28.7 Å². The second-order valence-electron chi connectivity index (χ2n) is 6.13. The molecule has 1 aliphatic rings. The van der Waals surface area contributed by atoms with Crippen LogP contribution in [-0.4, -0.2) is 23.9 Å². The number of carbonyl (C=O) groups is 1. The van der Waals surface area contributed by atoms with Crippen LogP contribution in [0, 0.1) is 0 Å². The summed E-state index contributed by atoms with van der Waals surface area (Å²) < 4.78 is 16.7. The van der Waals surface area contributed by atoms with Gasteiger partial charge in [-0.15, -0.1) is 11.8 Å². The highest BCUT2D eigenvalue weighted by molar-refractivity contribution is 8.01. The minimum Gasteiger partial charge on any atom is -0.485 e. The Kier molecular flexibility index (Phi) is 4.41. The lowest BCUT2D eigenvalue weighted by atomic mass is 9.96. The third-order valence-corrected chi connectivity index (χ3v) is 4.36. The van der Waals surface area contributed by atoms with Gasteiger partial charge in [0.25, 0.3) is 0 Å². The van der Waals surface area contributed by atoms with Crippen molar-refractivity contribution in [1.82, 2.24) is 0 Å². The standard InChI is InChI=1S/C18H18O5S/c1-18(2,23-17(20)6-7-24-3)15-9-12-8-11-4-5-16(19)22-13(11)10-14(12)21-15/h4-8,10,15H,9H2,1-3H3/t15-/m0/s1. The molecular weight excluding hydrogens is 328 g/mol. The van der Waals surface area contributed by atoms with Crippen molar-refractivity contribution in [2.45, 2.75) is 32.0 Å². The van der Waals surface area contributed by atoms with Gasteiger partial charge in [-0.25, -0.2) is 9.59 Å². The minimum atomic E-state index is -0.786. The van der Waals surface area contributed by atoms with Crippen LogP contribution < -0.4 is 10.4 Å². The van der Waals surface area contributed by atoms with Crippen molar-refractivity contribution in [3.63, 3.8) is 0 Å². The average Bonchev–Trinajstić information content (AvgIpc) is 2.94. The van der Waals surface area contributed by atoms with Crippen LogP contribution in [0.4, 0.5) is 0 Å². The summed E-state index contributed by atoms with van der Waals surface area (Å²) in [4.78, 5) is 23.2. The first-order valence-corrected chi connectivity index (χ1v) is 8.83. The van der Waals surface area contributed by atoms with Gasteiger partial charge in [0.15, 0.2) is 0 Å². The molecular formula is C18H18O5S. The Hall–Kier alpha value is -2.21. The van der Waals surface area contributed by atoms with Gasteiger partial charge in [-0.3, -0.25) is 0 Å². The third kappa shape index (κ3) is 3.33. The summed E-state index contributed by atoms with van der Waals surface area (Å²) in [6.07, 6.45) is 3.59. The first-order valence-electron chi connectivity index (χ1n) is 7.55. The molecule has 1 aliphatic heterocycles. The number of benzene rings is 1. The smallest absolute Gasteiger partial charge is 0.336 e. The number of esters is 1. The number of thioether (sulfide) groups is 1. The fourth-order valence-electron chi connectivity index (χ4n) is 2.68. The maximum absolute atomic E-state index is 11.8. The Labute approximate surface area is 143 Å². The molecule has 0 unspecified atom stereocenters. The predicted molar refractivity (Wildman–Crippen MR) is 93.4 cm³/mol. The molecule has 0 N–H and O–H groups in total. The summed E-state index contributed by atoms with van der Waals surface area (Å²) in [6, 6.07) is 6.79. The monoisotopic (exact) mass is 346 g/mol. The van der Waals surface area contributed by atoms with Crippen molar-refractivity contribution in [3.8, 4) is 5.75 Å². The zero-order valence-corrected chi connectivity index (χ0v) is 14.5. The van der Waals surface area contributed by atoms with Crippen LogP contribution in [0.1, 0.15) is 19.4 Å². The van der Waals surface area contributed by atoms with Gasteiger partial charge >= 0.3 is 11.6 Å². The second kappa shape index (κ2) is 6.36. The molecule has 2 aromatic rings. The second-order valence-corrected chi connectivity index (χ2v) is 6.87. The SMILES string of the molecule is CSC=CC(=O)OC(C)(C)[C@@H]1Cc2cc3ccc(=O)oc3cc2O1. The van der Waals surface area contributed by atoms with E-state index in [0.29, 0.717) is 17.8 Å². The number of fused-ring (bicyclic) bond motifs is 2. The quantitative estimate of drug-likeness (QED) is 0.481. The van der Waals surface area contributed by atoms with Gasteiger partial charge in [0.05, 0.1) is 0 Å². The average molecular weight is 346 g/mol. The van der Waals surface area contributed by atoms with E-state index < -0.39 is 17.2 Å². The van der Waals surface area contributed by atoms with Crippen molar-refractivity contribution in [1.29, 1.82) is 0 Å². The van der Waals surface area contributed by atoms with Crippen LogP contribution in [0.25, 0.3) is 11.0 Å². The maximum atomic E-state index is 11.8. The van der Waals surface area contributed by atoms with Crippen LogP contribution >= 0.6 is 11.8 Å². The van der Waals surface area contributed by atoms with Gasteiger partial charge in [-0.1, -0.05) is 0 Å². The van der Waals surface area contributed by atoms with E-state index in [1.54, 1.807) is 17.5 Å². The molecule has 0 bridgehead atoms. The van der Waals surface area contributed by atoms with E-state index in [1.165, 1.54) is 23.9 Å². The molecule has 1 atom stereocenters. The van der Waals surface area contributed by atoms with Gasteiger partial charge in [0, 0.05) is 30.0 Å². The summed E-state index contributed by atoms with van der Waals surface area (Å²) in [5, 5.41) is 2.52. The molecule has 2 heterocycles. The Morgan fingerprint density at radius 1 is 1.38 bits per heavy atom. The van der Waals surface area contributed by atoms with Gasteiger partial charge in [0.1, 0.15) is 23.0 Å². The van der Waals surface area contributed by atoms with Crippen LogP contribution in [0.3, 0.4) is 0 Å². The first kappa shape index (κ1) is 16.6. The molecule has 1 aromatic carbocycles. The normalized spacial score (nSPS) is 17.0. The highest BCUT2D eigenvalue weighted by Crippen LogP contribution is 2.37. The van der Waals surface area contributed by atoms with E-state index in [1.807, 2.05) is 26.2 Å². The first-order chi connectivity index (χ1) is 11.4. The third-order valence-electron chi connectivity index (χ3n) is 3.96. The molecule has 1 aromatic heterocycles. The summed E-state index contributed by atoms with van der Waals surface area (Å²) in [5.41, 5.74) is 0.308. The fourth-order valence-corrected chi connectivity index (χ4v) is 2.93. The molecule has 3 rings (SSSR count). The van der Waals surface area contributed by atoms with E-state index in [4.69, 9.17) is 13.9 Å². The summed E-state index contributed by atoms with van der Waals surface area (Å²) >= 11 is 1.43. The van der Waals surface area contributed by atoms with Gasteiger partial charge in [-0.2, -0.15) is 0 Å². The lowest BCUT2D eigenvalue weighted by Crippen LogP contribution is -2.43.